The molecule has 0 aromatic heterocycles. The standard InChI is InChI=1S/C26H28ClFN4O4.C26H24F4N4O4.CH3F.CH2O3.2K.H/c1-17-5-7-18(8-6-17)14-32(22(33)12-27)26(15-31(16-26)24(35)36-25(2,3)4)23(34)30-21-10-9-19(13-29)11-20(21)28;1-24(2,3)38-23(37)32-14-25(15-32)22(36)33(20-9-6-17(11-31)10-19(20)27)13-21(35)34(25)12-16-4-7-18(8-5-16)26(28,29)30;1-2;2-1-4-3;;;/h5-11H,12,14-16H2,1-4H3,(H,30,34);4-10H,12-15H2,1-3H3;1H3;1,3H;;;/q;;;;2*+1;-1/p-1/i;;1D;;;;. The minimum absolute atomic E-state index is 0. The van der Waals surface area contributed by atoms with E-state index in [-0.39, 0.29) is 172 Å². The number of benzene rings is 4. The first-order valence-corrected chi connectivity index (χ1v) is 24.3. The Morgan fingerprint density at radius 2 is 1.29 bits per heavy atom. The molecule has 1 N–H and O–H groups in total. The van der Waals surface area contributed by atoms with E-state index in [0.29, 0.717) is 5.56 Å². The fourth-order valence-corrected chi connectivity index (χ4v) is 8.43. The Hall–Kier alpha value is -5.15. The van der Waals surface area contributed by atoms with Crippen LogP contribution in [0.5, 0.6) is 0 Å². The number of hydrogen-bond acceptors (Lipinski definition) is 13. The van der Waals surface area contributed by atoms with Crippen LogP contribution < -0.4 is 118 Å². The molecule has 1 spiro atoms. The van der Waals surface area contributed by atoms with Gasteiger partial charge in [0, 0.05) is 13.1 Å². The smallest absolute Gasteiger partial charge is 1.00 e. The summed E-state index contributed by atoms with van der Waals surface area (Å²) >= 11 is 5.92. The summed E-state index contributed by atoms with van der Waals surface area (Å²) in [7, 11) is -1.00. The molecule has 0 unspecified atom stereocenters. The Morgan fingerprint density at radius 1 is 0.817 bits per heavy atom. The van der Waals surface area contributed by atoms with Crippen molar-refractivity contribution in [2.45, 2.75) is 90.0 Å². The predicted octanol–water partition coefficient (Wildman–Crippen LogP) is 1.42. The van der Waals surface area contributed by atoms with Crippen LogP contribution in [0.2, 0.25) is 0 Å². The van der Waals surface area contributed by atoms with E-state index in [0.717, 1.165) is 40.3 Å². The van der Waals surface area contributed by atoms with Crippen molar-refractivity contribution in [1.29, 1.82) is 10.5 Å². The number of hydrogen-bond donors (Lipinski definition) is 1. The van der Waals surface area contributed by atoms with E-state index in [9.17, 15) is 55.1 Å². The van der Waals surface area contributed by atoms with Crippen molar-refractivity contribution in [1.82, 2.24) is 19.6 Å². The predicted molar refractivity (Wildman–Crippen MR) is 274 cm³/mol. The first-order chi connectivity index (χ1) is 37.8. The van der Waals surface area contributed by atoms with Crippen LogP contribution in [0, 0.1) is 41.2 Å². The van der Waals surface area contributed by atoms with E-state index in [1.54, 1.807) is 47.6 Å². The molecular weight excluding hydrogens is 1160 g/mol. The summed E-state index contributed by atoms with van der Waals surface area (Å²) in [5.41, 5.74) is -3.65. The molecule has 28 heteroatoms. The molecule has 82 heavy (non-hydrogen) atoms. The molecule has 7 rings (SSSR count). The number of nitrogens with zero attached hydrogens (tertiary/aromatic N) is 7. The van der Waals surface area contributed by atoms with Gasteiger partial charge in [-0.05, 0) is 108 Å². The molecule has 3 fully saturated rings. The van der Waals surface area contributed by atoms with E-state index < -0.39 is 101 Å². The van der Waals surface area contributed by atoms with Gasteiger partial charge in [0.05, 0.1) is 74.9 Å². The van der Waals surface area contributed by atoms with Crippen molar-refractivity contribution in [3.05, 3.63) is 130 Å². The van der Waals surface area contributed by atoms with Crippen LogP contribution in [0.3, 0.4) is 0 Å². The van der Waals surface area contributed by atoms with E-state index in [4.69, 9.17) is 43.0 Å². The Bertz CT molecular complexity index is 3050. The van der Waals surface area contributed by atoms with Crippen LogP contribution in [-0.4, -0.2) is 130 Å². The number of alkyl halides is 5. The number of piperazine rings is 1. The van der Waals surface area contributed by atoms with Gasteiger partial charge in [-0.3, -0.25) is 33.3 Å². The van der Waals surface area contributed by atoms with Gasteiger partial charge in [-0.2, -0.15) is 23.7 Å². The maximum atomic E-state index is 14.8. The molecular formula is C54H57ClF6K2N8O11. The quantitative estimate of drug-likeness (QED) is 0.0591. The molecule has 4 aromatic rings. The fraction of sp³-hybridized carbons (Fsp3) is 0.389. The number of halogens is 7. The molecule has 0 bridgehead atoms. The summed E-state index contributed by atoms with van der Waals surface area (Å²) in [6.45, 7) is 10.4. The second-order valence-electron chi connectivity index (χ2n) is 20.1. The number of carbonyl (C=O) groups excluding carboxylic acids is 7. The zero-order valence-corrected chi connectivity index (χ0v) is 53.3. The first kappa shape index (κ1) is 71.1. The number of carbonyl (C=O) groups is 7. The van der Waals surface area contributed by atoms with E-state index in [1.165, 1.54) is 56.0 Å². The van der Waals surface area contributed by atoms with Crippen LogP contribution in [0.1, 0.15) is 77.7 Å². The molecule has 3 aliphatic heterocycles. The second kappa shape index (κ2) is 31.1. The Morgan fingerprint density at radius 3 is 1.73 bits per heavy atom. The Labute approximate surface area is 562 Å². The number of rotatable bonds is 10. The molecule has 0 radical (unpaired) electrons. The van der Waals surface area contributed by atoms with Crippen molar-refractivity contribution in [3.8, 4) is 12.1 Å². The molecule has 0 atom stereocenters. The van der Waals surface area contributed by atoms with Crippen molar-refractivity contribution >= 4 is 65.3 Å². The average Bonchev–Trinajstić information content (AvgIpc) is 1.02. The molecule has 3 aliphatic rings. The maximum Gasteiger partial charge on any atom is 1.00 e. The number of nitrogens with one attached hydrogen (secondary N) is 1. The molecule has 4 aromatic carbocycles. The summed E-state index contributed by atoms with van der Waals surface area (Å²) in [4.78, 5) is 96.3. The van der Waals surface area contributed by atoms with Crippen LogP contribution >= 0.6 is 11.6 Å². The van der Waals surface area contributed by atoms with Gasteiger partial charge in [0.15, 0.2) is 11.1 Å². The SMILES string of the molecule is CC(C)(C)OC(=O)N1CC2(C1)C(=O)N(c1ccc(C#N)cc1F)CC(=O)N2Cc1ccc(C(F)(F)F)cc1.Cc1ccc(CN(C(=O)CCl)C2(C(=O)Nc3ccc(C#N)cc3F)CN(C(=O)OC(C)(C)C)C2)cc1.O=CO[O-].[2H]CF.[H-].[K+].[K+]. The van der Waals surface area contributed by atoms with Gasteiger partial charge in [0.2, 0.25) is 11.8 Å². The molecule has 6 amide bonds. The maximum absolute atomic E-state index is 14.8. The second-order valence-corrected chi connectivity index (χ2v) is 20.4. The summed E-state index contributed by atoms with van der Waals surface area (Å²) < 4.78 is 94.6. The molecule has 3 saturated heterocycles. The zero-order valence-electron chi connectivity index (χ0n) is 48.3. The fourth-order valence-electron chi connectivity index (χ4n) is 8.28. The van der Waals surface area contributed by atoms with Crippen LogP contribution in [0.15, 0.2) is 84.9 Å². The third-order valence-corrected chi connectivity index (χ3v) is 12.3. The summed E-state index contributed by atoms with van der Waals surface area (Å²) in [5, 5.41) is 29.0. The number of nitriles is 2. The monoisotopic (exact) mass is 1220 g/mol. The van der Waals surface area contributed by atoms with Crippen LogP contribution in [0.4, 0.5) is 47.3 Å². The average molecular weight is 1220 g/mol. The normalized spacial score (nSPS) is 14.8. The van der Waals surface area contributed by atoms with Crippen molar-refractivity contribution in [3.63, 3.8) is 0 Å². The van der Waals surface area contributed by atoms with Gasteiger partial charge in [-0.25, -0.2) is 18.4 Å². The van der Waals surface area contributed by atoms with E-state index >= 15 is 0 Å². The van der Waals surface area contributed by atoms with Gasteiger partial charge in [0.1, 0.15) is 35.3 Å². The van der Waals surface area contributed by atoms with Crippen molar-refractivity contribution in [2.24, 2.45) is 0 Å². The molecule has 0 aliphatic carbocycles. The summed E-state index contributed by atoms with van der Waals surface area (Å²) in [6.07, 6.45) is -5.88. The summed E-state index contributed by atoms with van der Waals surface area (Å²) in [5.74, 6) is -4.51. The van der Waals surface area contributed by atoms with Crippen molar-refractivity contribution < 1.29 is 185 Å². The first-order valence-electron chi connectivity index (χ1n) is 24.5. The molecule has 3 heterocycles. The number of likely N-dealkylation sites (tertiary alicyclic amines) is 2. The molecule has 0 saturated carbocycles. The topological polar surface area (TPSA) is 246 Å². The largest absolute Gasteiger partial charge is 1.00 e. The molecule has 430 valence electrons. The van der Waals surface area contributed by atoms with Gasteiger partial charge in [-0.1, -0.05) is 42.0 Å². The van der Waals surface area contributed by atoms with Gasteiger partial charge >= 0.3 is 121 Å². The van der Waals surface area contributed by atoms with Gasteiger partial charge in [0.25, 0.3) is 18.3 Å². The van der Waals surface area contributed by atoms with E-state index in [1.807, 2.05) is 37.3 Å². The van der Waals surface area contributed by atoms with Crippen LogP contribution in [-0.2, 0) is 57.6 Å². The Kier molecular flexibility index (Phi) is 27.0. The third-order valence-electron chi connectivity index (χ3n) is 12.1. The van der Waals surface area contributed by atoms with Gasteiger partial charge in [-0.15, -0.1) is 11.6 Å². The zero-order chi connectivity index (χ0) is 60.8. The minimum Gasteiger partial charge on any atom is -1.00 e. The van der Waals surface area contributed by atoms with E-state index in [2.05, 4.69) is 10.2 Å². The number of ether oxygens (including phenoxy) is 2. The Balaban J connectivity index is 0.000000733. The summed E-state index contributed by atoms with van der Waals surface area (Å²) in [6, 6.07) is 22.4. The number of anilines is 2. The minimum atomic E-state index is -4.54. The molecule has 19 nitrogen and oxygen atoms in total. The van der Waals surface area contributed by atoms with Gasteiger partial charge < -0.3 is 46.0 Å². The van der Waals surface area contributed by atoms with Crippen molar-refractivity contribution in [2.75, 3.05) is 56.0 Å². The van der Waals surface area contributed by atoms with Crippen LogP contribution in [0.25, 0.3) is 0 Å². The number of amides is 6. The third kappa shape index (κ3) is 18.7. The number of aryl methyl sites for hydroxylation is 1.